The summed E-state index contributed by atoms with van der Waals surface area (Å²) in [6, 6.07) is 14.7. The van der Waals surface area contributed by atoms with Crippen LogP contribution in [0.1, 0.15) is 17.3 Å². The Labute approximate surface area is 149 Å². The molecule has 0 saturated heterocycles. The fraction of sp³-hybridized carbons (Fsp3) is 0.150. The molecule has 4 aromatic rings. The van der Waals surface area contributed by atoms with Gasteiger partial charge in [-0.2, -0.15) is 0 Å². The van der Waals surface area contributed by atoms with Crippen LogP contribution in [0.5, 0.6) is 0 Å². The molecule has 0 aliphatic rings. The van der Waals surface area contributed by atoms with Gasteiger partial charge in [0.2, 0.25) is 0 Å². The van der Waals surface area contributed by atoms with Crippen LogP contribution in [0, 0.1) is 0 Å². The van der Waals surface area contributed by atoms with Gasteiger partial charge in [-0.05, 0) is 42.0 Å². The zero-order valence-corrected chi connectivity index (χ0v) is 14.3. The van der Waals surface area contributed by atoms with Gasteiger partial charge in [-0.15, -0.1) is 0 Å². The standard InChI is InChI=1S/C20H18N4O2/c1-12(21)11-22-19(25)15-7-4-8-24-18(15)23-17-10-14-6-3-2-5-13(14)9-16(17)20(24)26/h2-10,12H,11,21H2,1H3,(H,22,25). The van der Waals surface area contributed by atoms with Crippen molar-refractivity contribution < 1.29 is 4.79 Å². The fourth-order valence-electron chi connectivity index (χ4n) is 3.04. The summed E-state index contributed by atoms with van der Waals surface area (Å²) in [7, 11) is 0. The molecule has 1 unspecified atom stereocenters. The van der Waals surface area contributed by atoms with E-state index in [-0.39, 0.29) is 17.5 Å². The van der Waals surface area contributed by atoms with Crippen LogP contribution in [0.3, 0.4) is 0 Å². The predicted octanol–water partition coefficient (Wildman–Crippen LogP) is 2.08. The number of nitrogens with one attached hydrogen (secondary N) is 1. The van der Waals surface area contributed by atoms with Crippen molar-refractivity contribution in [1.82, 2.24) is 14.7 Å². The molecule has 0 aliphatic heterocycles. The number of pyridine rings is 1. The molecular formula is C20H18N4O2. The molecule has 4 rings (SSSR count). The number of aromatic nitrogens is 2. The van der Waals surface area contributed by atoms with Crippen LogP contribution in [-0.4, -0.2) is 27.9 Å². The third-order valence-corrected chi connectivity index (χ3v) is 4.34. The summed E-state index contributed by atoms with van der Waals surface area (Å²) in [5, 5.41) is 5.26. The van der Waals surface area contributed by atoms with Crippen LogP contribution in [-0.2, 0) is 0 Å². The molecule has 0 aliphatic carbocycles. The molecule has 0 radical (unpaired) electrons. The molecule has 3 N–H and O–H groups in total. The van der Waals surface area contributed by atoms with Gasteiger partial charge in [0.25, 0.3) is 11.5 Å². The van der Waals surface area contributed by atoms with Gasteiger partial charge in [0.15, 0.2) is 5.65 Å². The number of nitrogens with zero attached hydrogens (tertiary/aromatic N) is 2. The molecule has 6 nitrogen and oxygen atoms in total. The highest BCUT2D eigenvalue weighted by Gasteiger charge is 2.15. The van der Waals surface area contributed by atoms with Crippen LogP contribution in [0.4, 0.5) is 0 Å². The maximum Gasteiger partial charge on any atom is 0.265 e. The van der Waals surface area contributed by atoms with Gasteiger partial charge >= 0.3 is 0 Å². The maximum atomic E-state index is 12.9. The van der Waals surface area contributed by atoms with E-state index in [1.807, 2.05) is 43.3 Å². The van der Waals surface area contributed by atoms with E-state index in [2.05, 4.69) is 10.3 Å². The Balaban J connectivity index is 1.97. The molecule has 0 saturated carbocycles. The minimum atomic E-state index is -0.299. The van der Waals surface area contributed by atoms with E-state index in [9.17, 15) is 9.59 Å². The quantitative estimate of drug-likeness (QED) is 0.556. The number of carbonyl (C=O) groups is 1. The Morgan fingerprint density at radius 2 is 1.92 bits per heavy atom. The number of hydrogen-bond donors (Lipinski definition) is 2. The first-order valence-corrected chi connectivity index (χ1v) is 8.42. The average molecular weight is 346 g/mol. The summed E-state index contributed by atoms with van der Waals surface area (Å²) >= 11 is 0. The van der Waals surface area contributed by atoms with E-state index >= 15 is 0 Å². The molecular weight excluding hydrogens is 328 g/mol. The lowest BCUT2D eigenvalue weighted by Crippen LogP contribution is -2.35. The summed E-state index contributed by atoms with van der Waals surface area (Å²) in [5.41, 5.74) is 6.75. The minimum Gasteiger partial charge on any atom is -0.350 e. The van der Waals surface area contributed by atoms with Gasteiger partial charge in [-0.3, -0.25) is 14.0 Å². The molecule has 26 heavy (non-hydrogen) atoms. The van der Waals surface area contributed by atoms with Crippen molar-refractivity contribution in [2.75, 3.05) is 6.54 Å². The maximum absolute atomic E-state index is 12.9. The third kappa shape index (κ3) is 2.70. The number of hydrogen-bond acceptors (Lipinski definition) is 4. The molecule has 2 heterocycles. The van der Waals surface area contributed by atoms with Gasteiger partial charge < -0.3 is 11.1 Å². The van der Waals surface area contributed by atoms with Crippen molar-refractivity contribution in [2.45, 2.75) is 13.0 Å². The third-order valence-electron chi connectivity index (χ3n) is 4.34. The highest BCUT2D eigenvalue weighted by Crippen LogP contribution is 2.20. The first kappa shape index (κ1) is 16.2. The smallest absolute Gasteiger partial charge is 0.265 e. The zero-order valence-electron chi connectivity index (χ0n) is 14.3. The van der Waals surface area contributed by atoms with Crippen molar-refractivity contribution in [3.8, 4) is 0 Å². The second kappa shape index (κ2) is 6.24. The Morgan fingerprint density at radius 3 is 2.65 bits per heavy atom. The average Bonchev–Trinajstić information content (AvgIpc) is 2.64. The van der Waals surface area contributed by atoms with Gasteiger partial charge in [-0.1, -0.05) is 24.3 Å². The number of amides is 1. The first-order valence-electron chi connectivity index (χ1n) is 8.42. The van der Waals surface area contributed by atoms with Crippen LogP contribution >= 0.6 is 0 Å². The fourth-order valence-corrected chi connectivity index (χ4v) is 3.04. The molecule has 0 spiro atoms. The van der Waals surface area contributed by atoms with Gasteiger partial charge in [0.1, 0.15) is 0 Å². The van der Waals surface area contributed by atoms with Crippen LogP contribution in [0.25, 0.3) is 27.3 Å². The van der Waals surface area contributed by atoms with E-state index in [0.717, 1.165) is 10.8 Å². The number of fused-ring (bicyclic) bond motifs is 3. The normalized spacial score (nSPS) is 12.5. The van der Waals surface area contributed by atoms with Crippen molar-refractivity contribution in [2.24, 2.45) is 5.73 Å². The van der Waals surface area contributed by atoms with Crippen LogP contribution in [0.15, 0.2) is 59.5 Å². The zero-order chi connectivity index (χ0) is 18.3. The molecule has 1 atom stereocenters. The van der Waals surface area contributed by atoms with Crippen molar-refractivity contribution in [1.29, 1.82) is 0 Å². The van der Waals surface area contributed by atoms with E-state index < -0.39 is 0 Å². The van der Waals surface area contributed by atoms with Crippen molar-refractivity contribution in [3.05, 3.63) is 70.6 Å². The molecule has 0 fully saturated rings. The highest BCUT2D eigenvalue weighted by molar-refractivity contribution is 6.02. The monoisotopic (exact) mass is 346 g/mol. The van der Waals surface area contributed by atoms with Crippen LogP contribution < -0.4 is 16.6 Å². The SMILES string of the molecule is CC(N)CNC(=O)c1cccn2c(=O)c3cc4ccccc4cc3nc12. The minimum absolute atomic E-state index is 0.156. The number of carbonyl (C=O) groups excluding carboxylic acids is 1. The number of nitrogens with two attached hydrogens (primary N) is 1. The Hall–Kier alpha value is -3.25. The van der Waals surface area contributed by atoms with E-state index in [4.69, 9.17) is 5.73 Å². The largest absolute Gasteiger partial charge is 0.350 e. The second-order valence-electron chi connectivity index (χ2n) is 6.44. The molecule has 130 valence electrons. The summed E-state index contributed by atoms with van der Waals surface area (Å²) in [4.78, 5) is 30.1. The van der Waals surface area contributed by atoms with E-state index in [0.29, 0.717) is 28.7 Å². The molecule has 0 bridgehead atoms. The van der Waals surface area contributed by atoms with Gasteiger partial charge in [-0.25, -0.2) is 4.98 Å². The lowest BCUT2D eigenvalue weighted by atomic mass is 10.1. The van der Waals surface area contributed by atoms with E-state index in [1.165, 1.54) is 4.40 Å². The lowest BCUT2D eigenvalue weighted by Gasteiger charge is -2.11. The summed E-state index contributed by atoms with van der Waals surface area (Å²) in [6.07, 6.45) is 1.63. The summed E-state index contributed by atoms with van der Waals surface area (Å²) < 4.78 is 1.41. The summed E-state index contributed by atoms with van der Waals surface area (Å²) in [5.74, 6) is -0.299. The van der Waals surface area contributed by atoms with E-state index in [1.54, 1.807) is 18.3 Å². The molecule has 2 aromatic carbocycles. The second-order valence-corrected chi connectivity index (χ2v) is 6.44. The Morgan fingerprint density at radius 1 is 1.19 bits per heavy atom. The predicted molar refractivity (Wildman–Crippen MR) is 102 cm³/mol. The summed E-state index contributed by atoms with van der Waals surface area (Å²) in [6.45, 7) is 2.16. The van der Waals surface area contributed by atoms with Crippen LogP contribution in [0.2, 0.25) is 0 Å². The number of benzene rings is 2. The van der Waals surface area contributed by atoms with Gasteiger partial charge in [0, 0.05) is 18.8 Å². The van der Waals surface area contributed by atoms with Crippen molar-refractivity contribution in [3.63, 3.8) is 0 Å². The molecule has 1 amide bonds. The number of rotatable bonds is 3. The Bertz CT molecular complexity index is 1210. The lowest BCUT2D eigenvalue weighted by molar-refractivity contribution is 0.0953. The molecule has 6 heteroatoms. The topological polar surface area (TPSA) is 89.5 Å². The highest BCUT2D eigenvalue weighted by atomic mass is 16.2. The van der Waals surface area contributed by atoms with Crippen molar-refractivity contribution >= 4 is 33.2 Å². The van der Waals surface area contributed by atoms with Gasteiger partial charge in [0.05, 0.1) is 16.5 Å². The Kier molecular flexibility index (Phi) is 3.89. The first-order chi connectivity index (χ1) is 12.5. The molecule has 2 aromatic heterocycles.